The molecule has 2 aliphatic rings. The standard InChI is InChI=1S/C28H16F11IN4O2.C21H14F11IN2O.C7H3ClN2O.V/c1-41-20-8-7-14(11-42-20)24(46)44(12-13-5-6-13)19-4-2-3-16(21(19)29)23(45)43-22-17(26(31,32)33)9-15(10-18(22)40)25(30,27(34,35)36)28(37,38)39;22-15-11(2-1-3-14(15)34-8-9-4-5-9)17(36)35-16-12(19(24,25)26)6-10(7-13(16)33)18(23,20(27,28)29)21(30,31)32;1-9-6-3-2-5(4-10-6)7(8)11;/h2-4,7-11,13H,5-6,12H2,(H,43,45);1-3,6-7,9,34H,4-5,8H2,(H,35,36);2-4H;. The second-order valence-corrected chi connectivity index (χ2v) is 22.4. The number of alkyl halides is 20. The van der Waals surface area contributed by atoms with Gasteiger partial charge in [-0.05, 0) is 155 Å². The number of nitrogens with zero attached hydrogens (tertiary/aromatic N) is 5. The zero-order valence-corrected chi connectivity index (χ0v) is 52.4. The van der Waals surface area contributed by atoms with Gasteiger partial charge in [0.15, 0.2) is 11.6 Å². The molecule has 4 aromatic carbocycles. The first-order valence-corrected chi connectivity index (χ1v) is 27.9. The number of rotatable bonds is 14. The van der Waals surface area contributed by atoms with Crippen LogP contribution in [0.3, 0.4) is 0 Å². The number of hydrogen-bond donors (Lipinski definition) is 3. The van der Waals surface area contributed by atoms with Crippen molar-refractivity contribution in [3.8, 4) is 0 Å². The minimum Gasteiger partial charge on any atom is -0.382 e. The number of hydrogen-bond acceptors (Lipinski definition) is 7. The van der Waals surface area contributed by atoms with Gasteiger partial charge in [0.1, 0.15) is 12.4 Å². The van der Waals surface area contributed by atoms with Gasteiger partial charge in [-0.2, -0.15) is 79.0 Å². The van der Waals surface area contributed by atoms with Crippen molar-refractivity contribution in [2.75, 3.05) is 33.9 Å². The van der Waals surface area contributed by atoms with Crippen molar-refractivity contribution < 1.29 is 134 Å². The molecule has 38 heteroatoms. The third-order valence-corrected chi connectivity index (χ3v) is 15.2. The molecule has 0 bridgehead atoms. The van der Waals surface area contributed by atoms with Crippen LogP contribution in [0.2, 0.25) is 0 Å². The fourth-order valence-corrected chi connectivity index (χ4v) is 9.76. The summed E-state index contributed by atoms with van der Waals surface area (Å²) in [4.78, 5) is 64.0. The number of carbonyl (C=O) groups excluding carboxylic acids is 4. The Bertz CT molecular complexity index is 3880. The number of carbonyl (C=O) groups is 4. The summed E-state index contributed by atoms with van der Waals surface area (Å²) in [6.07, 6.45) is -32.6. The monoisotopic (exact) mass is 1640 g/mol. The van der Waals surface area contributed by atoms with E-state index in [-0.39, 0.29) is 66.0 Å². The maximum absolute atomic E-state index is 15.8. The first kappa shape index (κ1) is 77.5. The Morgan fingerprint density at radius 1 is 0.553 bits per heavy atom. The fraction of sp³-hybridized carbons (Fsp3) is 0.286. The number of halogens is 25. The SMILES string of the molecule is O=C(Nc1c(I)cc(C(F)(C(F)(F)F)C(F)(F)F)cc1C(F)(F)F)c1cccc(NCC2CC2)c1F.[C-]#[N+]c1ccc(C(=O)Cl)cn1.[C-]#[N+]c1ccc(C(=O)N(CC2CC2)c2cccc(C(=O)Nc3c(I)cc(C(F)(C(F)(F)F)C(F)(F)F)cc3C(F)(F)F)c2F)cn1.[V]. The van der Waals surface area contributed by atoms with E-state index in [0.717, 1.165) is 93.4 Å². The second kappa shape index (κ2) is 29.4. The van der Waals surface area contributed by atoms with Crippen LogP contribution in [0.5, 0.6) is 0 Å². The summed E-state index contributed by atoms with van der Waals surface area (Å²) >= 11 is 6.94. The Morgan fingerprint density at radius 3 is 1.30 bits per heavy atom. The van der Waals surface area contributed by atoms with Gasteiger partial charge in [-0.25, -0.2) is 17.6 Å². The van der Waals surface area contributed by atoms with Crippen LogP contribution in [0, 0.1) is 43.8 Å². The Kier molecular flexibility index (Phi) is 24.3. The van der Waals surface area contributed by atoms with E-state index < -0.39 is 153 Å². The van der Waals surface area contributed by atoms with Crippen LogP contribution in [0.1, 0.15) is 89.4 Å². The predicted molar refractivity (Wildman–Crippen MR) is 304 cm³/mol. The molecule has 2 fully saturated rings. The van der Waals surface area contributed by atoms with Crippen LogP contribution in [0.4, 0.5) is 131 Å². The molecule has 2 heterocycles. The molecule has 2 saturated carbocycles. The smallest absolute Gasteiger partial charge is 0.382 e. The molecule has 8 rings (SSSR count). The molecular weight excluding hydrogens is 1610 g/mol. The third-order valence-electron chi connectivity index (χ3n) is 13.2. The number of amides is 3. The van der Waals surface area contributed by atoms with Crippen LogP contribution >= 0.6 is 56.8 Å². The topological polar surface area (TPSA) is 142 Å². The Morgan fingerprint density at radius 2 is 0.947 bits per heavy atom. The van der Waals surface area contributed by atoms with Gasteiger partial charge in [-0.3, -0.25) is 19.2 Å². The summed E-state index contributed by atoms with van der Waals surface area (Å²) in [6, 6.07) is 10.1. The Hall–Kier alpha value is -7.17. The van der Waals surface area contributed by atoms with Crippen LogP contribution in [0.15, 0.2) is 97.3 Å². The summed E-state index contributed by atoms with van der Waals surface area (Å²) in [5, 5.41) is 5.52. The summed E-state index contributed by atoms with van der Waals surface area (Å²) in [6.45, 7) is 13.9. The van der Waals surface area contributed by atoms with Crippen LogP contribution in [-0.2, 0) is 42.2 Å². The molecule has 501 valence electrons. The minimum atomic E-state index is -6.72. The number of aromatic nitrogens is 2. The molecule has 2 aliphatic carbocycles. The first-order valence-electron chi connectivity index (χ1n) is 25.4. The van der Waals surface area contributed by atoms with E-state index in [9.17, 15) is 111 Å². The maximum Gasteiger partial charge on any atom is 0.435 e. The van der Waals surface area contributed by atoms with Gasteiger partial charge in [-0.15, -0.1) is 9.97 Å². The molecule has 2 aromatic heterocycles. The molecule has 94 heavy (non-hydrogen) atoms. The van der Waals surface area contributed by atoms with Crippen molar-refractivity contribution in [1.82, 2.24) is 9.97 Å². The zero-order valence-electron chi connectivity index (χ0n) is 45.9. The van der Waals surface area contributed by atoms with Crippen LogP contribution in [0.25, 0.3) is 9.69 Å². The van der Waals surface area contributed by atoms with E-state index in [4.69, 9.17) is 24.7 Å². The number of pyridine rings is 2. The van der Waals surface area contributed by atoms with E-state index in [1.54, 1.807) is 10.6 Å². The molecule has 0 spiro atoms. The number of benzene rings is 4. The van der Waals surface area contributed by atoms with Gasteiger partial charge < -0.3 is 30.5 Å². The Balaban J connectivity index is 0.000000295. The van der Waals surface area contributed by atoms with E-state index in [1.807, 2.05) is 0 Å². The van der Waals surface area contributed by atoms with E-state index in [1.165, 1.54) is 42.6 Å². The van der Waals surface area contributed by atoms with Gasteiger partial charge in [0.25, 0.3) is 34.6 Å². The molecule has 12 nitrogen and oxygen atoms in total. The average Bonchev–Trinajstić information content (AvgIpc) is 0.802. The maximum atomic E-state index is 15.8. The van der Waals surface area contributed by atoms with Gasteiger partial charge >= 0.3 is 48.4 Å². The fourth-order valence-electron chi connectivity index (χ4n) is 8.13. The molecule has 1 radical (unpaired) electrons. The number of anilines is 4. The van der Waals surface area contributed by atoms with E-state index in [2.05, 4.69) is 25.0 Å². The van der Waals surface area contributed by atoms with E-state index in [0.29, 0.717) is 30.9 Å². The minimum absolute atomic E-state index is 0. The molecule has 0 atom stereocenters. The predicted octanol–water partition coefficient (Wildman–Crippen LogP) is 18.8. The third kappa shape index (κ3) is 17.6. The molecule has 0 saturated heterocycles. The molecular formula is C56H33ClF22I2N8O4V. The quantitative estimate of drug-likeness (QED) is 0.0427. The van der Waals surface area contributed by atoms with Crippen LogP contribution < -0.4 is 20.9 Å². The zero-order chi connectivity index (χ0) is 69.9. The van der Waals surface area contributed by atoms with Gasteiger partial charge in [0, 0.05) is 49.9 Å². The van der Waals surface area contributed by atoms with Crippen molar-refractivity contribution in [3.05, 3.63) is 183 Å². The first-order chi connectivity index (χ1) is 42.8. The van der Waals surface area contributed by atoms with Crippen molar-refractivity contribution in [2.45, 2.75) is 74.1 Å². The summed E-state index contributed by atoms with van der Waals surface area (Å²) in [7, 11) is 0. The van der Waals surface area contributed by atoms with Crippen molar-refractivity contribution in [1.29, 1.82) is 0 Å². The summed E-state index contributed by atoms with van der Waals surface area (Å²) in [5.74, 6) is -5.93. The summed E-state index contributed by atoms with van der Waals surface area (Å²) in [5.41, 5.74) is -26.3. The molecule has 3 N–H and O–H groups in total. The van der Waals surface area contributed by atoms with Crippen molar-refractivity contribution in [3.63, 3.8) is 0 Å². The van der Waals surface area contributed by atoms with Crippen LogP contribution in [-0.4, -0.2) is 70.7 Å². The number of nitrogens with one attached hydrogen (secondary N) is 3. The molecule has 6 aromatic rings. The second-order valence-electron chi connectivity index (χ2n) is 19.8. The Labute approximate surface area is 558 Å². The van der Waals surface area contributed by atoms with Crippen molar-refractivity contribution >= 4 is 114 Å². The molecule has 3 amide bonds. The normalized spacial score (nSPS) is 13.7. The molecule has 0 aliphatic heterocycles. The van der Waals surface area contributed by atoms with Gasteiger partial charge in [0.2, 0.25) is 0 Å². The van der Waals surface area contributed by atoms with Crippen molar-refractivity contribution in [2.24, 2.45) is 11.8 Å². The van der Waals surface area contributed by atoms with Gasteiger partial charge in [-0.1, -0.05) is 37.4 Å². The summed E-state index contributed by atoms with van der Waals surface area (Å²) < 4.78 is 298. The average molecular weight is 1640 g/mol. The van der Waals surface area contributed by atoms with E-state index >= 15 is 4.39 Å². The largest absolute Gasteiger partial charge is 0.435 e. The molecule has 0 unspecified atom stereocenters. The van der Waals surface area contributed by atoms with Gasteiger partial charge in [0.05, 0.1) is 56.1 Å².